The lowest BCUT2D eigenvalue weighted by atomic mass is 10.1. The van der Waals surface area contributed by atoms with Crippen LogP contribution in [0.1, 0.15) is 46.0 Å². The van der Waals surface area contributed by atoms with Gasteiger partial charge in [-0.1, -0.05) is 57.0 Å². The molecule has 0 fully saturated rings. The molecule has 0 aliphatic heterocycles. The van der Waals surface area contributed by atoms with Crippen molar-refractivity contribution in [3.63, 3.8) is 0 Å². The summed E-state index contributed by atoms with van der Waals surface area (Å²) in [6.45, 7) is 4.97. The summed E-state index contributed by atoms with van der Waals surface area (Å²) in [4.78, 5) is 12.4. The normalized spacial score (nSPS) is 12.1. The van der Waals surface area contributed by atoms with Crippen molar-refractivity contribution in [3.05, 3.63) is 42.5 Å². The molecule has 0 heterocycles. The number of amides is 1. The van der Waals surface area contributed by atoms with E-state index in [2.05, 4.69) is 31.3 Å². The van der Waals surface area contributed by atoms with Gasteiger partial charge in [0.1, 0.15) is 5.75 Å². The second-order valence-electron chi connectivity index (χ2n) is 5.90. The van der Waals surface area contributed by atoms with E-state index in [1.165, 1.54) is 5.39 Å². The van der Waals surface area contributed by atoms with Gasteiger partial charge in [-0.05, 0) is 42.2 Å². The molecule has 1 atom stereocenters. The van der Waals surface area contributed by atoms with Crippen LogP contribution >= 0.6 is 0 Å². The van der Waals surface area contributed by atoms with Crippen LogP contribution in [0.4, 0.5) is 0 Å². The highest BCUT2D eigenvalue weighted by Crippen LogP contribution is 2.22. The largest absolute Gasteiger partial charge is 0.481 e. The Kier molecular flexibility index (Phi) is 6.92. The molecule has 3 heteroatoms. The van der Waals surface area contributed by atoms with Crippen molar-refractivity contribution in [2.24, 2.45) is 0 Å². The fraction of sp³-hybridized carbons (Fsp3) is 0.450. The third-order valence-corrected chi connectivity index (χ3v) is 3.94. The summed E-state index contributed by atoms with van der Waals surface area (Å²) in [6, 6.07) is 14.2. The fourth-order valence-electron chi connectivity index (χ4n) is 2.54. The molecular formula is C20H27NO2. The molecule has 0 aliphatic carbocycles. The number of carbonyl (C=O) groups excluding carboxylic acids is 1. The molecule has 2 rings (SSSR count). The van der Waals surface area contributed by atoms with Gasteiger partial charge in [0, 0.05) is 6.54 Å². The summed E-state index contributed by atoms with van der Waals surface area (Å²) < 4.78 is 6.01. The van der Waals surface area contributed by atoms with Crippen LogP contribution in [0.25, 0.3) is 10.8 Å². The van der Waals surface area contributed by atoms with Gasteiger partial charge in [0.05, 0.1) is 0 Å². The Labute approximate surface area is 139 Å². The Hall–Kier alpha value is -2.03. The van der Waals surface area contributed by atoms with E-state index >= 15 is 0 Å². The van der Waals surface area contributed by atoms with Gasteiger partial charge in [0.15, 0.2) is 6.10 Å². The Morgan fingerprint density at radius 2 is 1.78 bits per heavy atom. The standard InChI is InChI=1S/C20H27NO2/c1-3-5-11-19(20(22)21-14-6-4-2)23-18-13-12-16-9-7-8-10-17(16)15-18/h7-10,12-13,15,19H,3-6,11,14H2,1-2H3,(H,21,22). The molecule has 124 valence electrons. The Balaban J connectivity index is 2.06. The van der Waals surface area contributed by atoms with Crippen LogP contribution in [0.5, 0.6) is 5.75 Å². The van der Waals surface area contributed by atoms with Crippen molar-refractivity contribution in [1.29, 1.82) is 0 Å². The van der Waals surface area contributed by atoms with Crippen molar-refractivity contribution < 1.29 is 9.53 Å². The number of hydrogen-bond acceptors (Lipinski definition) is 2. The SMILES string of the molecule is CCCCNC(=O)C(CCCC)Oc1ccc2ccccc2c1. The van der Waals surface area contributed by atoms with Crippen LogP contribution in [0, 0.1) is 0 Å². The van der Waals surface area contributed by atoms with Crippen LogP contribution in [0.2, 0.25) is 0 Å². The lowest BCUT2D eigenvalue weighted by Gasteiger charge is -2.19. The van der Waals surface area contributed by atoms with Gasteiger partial charge in [-0.15, -0.1) is 0 Å². The number of nitrogens with one attached hydrogen (secondary N) is 1. The number of rotatable bonds is 9. The lowest BCUT2D eigenvalue weighted by Crippen LogP contribution is -2.38. The average Bonchev–Trinajstić information content (AvgIpc) is 2.58. The topological polar surface area (TPSA) is 38.3 Å². The van der Waals surface area contributed by atoms with Crippen LogP contribution in [-0.4, -0.2) is 18.6 Å². The molecule has 1 unspecified atom stereocenters. The van der Waals surface area contributed by atoms with Crippen molar-refractivity contribution >= 4 is 16.7 Å². The van der Waals surface area contributed by atoms with E-state index in [0.717, 1.165) is 49.8 Å². The van der Waals surface area contributed by atoms with E-state index in [4.69, 9.17) is 4.74 Å². The minimum absolute atomic E-state index is 0.0000543. The van der Waals surface area contributed by atoms with Crippen molar-refractivity contribution in [2.75, 3.05) is 6.54 Å². The highest BCUT2D eigenvalue weighted by Gasteiger charge is 2.19. The summed E-state index contributed by atoms with van der Waals surface area (Å²) in [5.41, 5.74) is 0. The minimum Gasteiger partial charge on any atom is -0.481 e. The average molecular weight is 313 g/mol. The fourth-order valence-corrected chi connectivity index (χ4v) is 2.54. The van der Waals surface area contributed by atoms with Gasteiger partial charge in [-0.3, -0.25) is 4.79 Å². The van der Waals surface area contributed by atoms with Crippen LogP contribution in [0.3, 0.4) is 0 Å². The monoisotopic (exact) mass is 313 g/mol. The first kappa shape index (κ1) is 17.3. The van der Waals surface area contributed by atoms with Gasteiger partial charge < -0.3 is 10.1 Å². The molecule has 2 aromatic rings. The maximum absolute atomic E-state index is 12.4. The predicted molar refractivity (Wildman–Crippen MR) is 95.8 cm³/mol. The predicted octanol–water partition coefficient (Wildman–Crippen LogP) is 4.69. The molecule has 23 heavy (non-hydrogen) atoms. The summed E-state index contributed by atoms with van der Waals surface area (Å²) in [7, 11) is 0. The van der Waals surface area contributed by atoms with Gasteiger partial charge in [0.25, 0.3) is 5.91 Å². The number of fused-ring (bicyclic) bond motifs is 1. The molecule has 2 aromatic carbocycles. The van der Waals surface area contributed by atoms with Gasteiger partial charge >= 0.3 is 0 Å². The van der Waals surface area contributed by atoms with Crippen molar-refractivity contribution in [2.45, 2.75) is 52.1 Å². The molecule has 0 aromatic heterocycles. The number of unbranched alkanes of at least 4 members (excludes halogenated alkanes) is 2. The first-order valence-corrected chi connectivity index (χ1v) is 8.67. The summed E-state index contributed by atoms with van der Waals surface area (Å²) in [5.74, 6) is 0.760. The summed E-state index contributed by atoms with van der Waals surface area (Å²) in [6.07, 6.45) is 4.46. The second-order valence-corrected chi connectivity index (χ2v) is 5.90. The van der Waals surface area contributed by atoms with E-state index < -0.39 is 6.10 Å². The third-order valence-electron chi connectivity index (χ3n) is 3.94. The molecule has 0 saturated carbocycles. The maximum Gasteiger partial charge on any atom is 0.261 e. The molecule has 0 radical (unpaired) electrons. The van der Waals surface area contributed by atoms with Gasteiger partial charge in [-0.2, -0.15) is 0 Å². The molecule has 0 aliphatic rings. The Morgan fingerprint density at radius 1 is 1.04 bits per heavy atom. The highest BCUT2D eigenvalue weighted by atomic mass is 16.5. The number of ether oxygens (including phenoxy) is 1. The van der Waals surface area contributed by atoms with Gasteiger partial charge in [-0.25, -0.2) is 0 Å². The molecular weight excluding hydrogens is 286 g/mol. The minimum atomic E-state index is -0.409. The molecule has 1 N–H and O–H groups in total. The summed E-state index contributed by atoms with van der Waals surface area (Å²) in [5, 5.41) is 5.29. The van der Waals surface area contributed by atoms with Crippen LogP contribution in [0.15, 0.2) is 42.5 Å². The quantitative estimate of drug-likeness (QED) is 0.682. The first-order valence-electron chi connectivity index (χ1n) is 8.67. The molecule has 1 amide bonds. The zero-order chi connectivity index (χ0) is 16.5. The molecule has 0 saturated heterocycles. The van der Waals surface area contributed by atoms with Gasteiger partial charge in [0.2, 0.25) is 0 Å². The van der Waals surface area contributed by atoms with Crippen LogP contribution < -0.4 is 10.1 Å². The molecule has 0 spiro atoms. The van der Waals surface area contributed by atoms with Crippen molar-refractivity contribution in [3.8, 4) is 5.75 Å². The van der Waals surface area contributed by atoms with E-state index in [9.17, 15) is 4.79 Å². The summed E-state index contributed by atoms with van der Waals surface area (Å²) >= 11 is 0. The number of hydrogen-bond donors (Lipinski definition) is 1. The maximum atomic E-state index is 12.4. The first-order chi connectivity index (χ1) is 11.2. The number of carbonyl (C=O) groups is 1. The van der Waals surface area contributed by atoms with E-state index in [1.54, 1.807) is 0 Å². The zero-order valence-electron chi connectivity index (χ0n) is 14.2. The molecule has 3 nitrogen and oxygen atoms in total. The van der Waals surface area contributed by atoms with Crippen LogP contribution in [-0.2, 0) is 4.79 Å². The van der Waals surface area contributed by atoms with Crippen molar-refractivity contribution in [1.82, 2.24) is 5.32 Å². The number of benzene rings is 2. The van der Waals surface area contributed by atoms with E-state index in [1.807, 2.05) is 30.3 Å². The zero-order valence-corrected chi connectivity index (χ0v) is 14.2. The van der Waals surface area contributed by atoms with E-state index in [-0.39, 0.29) is 5.91 Å². The smallest absolute Gasteiger partial charge is 0.261 e. The van der Waals surface area contributed by atoms with E-state index in [0.29, 0.717) is 0 Å². The highest BCUT2D eigenvalue weighted by molar-refractivity contribution is 5.84. The molecule has 0 bridgehead atoms. The third kappa shape index (κ3) is 5.27. The lowest BCUT2D eigenvalue weighted by molar-refractivity contribution is -0.128. The Morgan fingerprint density at radius 3 is 2.52 bits per heavy atom. The second kappa shape index (κ2) is 9.19. The Bertz CT molecular complexity index is 624.